The molecule has 0 amide bonds. The molecular formula is C24H28Cl2O6. The molecule has 2 aromatic carbocycles. The highest BCUT2D eigenvalue weighted by Crippen LogP contribution is 2.27. The first-order valence-corrected chi connectivity index (χ1v) is 10.7. The average Bonchev–Trinajstić information content (AvgIpc) is 2.77. The smallest absolute Gasteiger partial charge is 0.139 e. The number of hydrogen-bond donors (Lipinski definition) is 6. The second kappa shape index (κ2) is 10.7. The highest BCUT2D eigenvalue weighted by atomic mass is 35.5. The molecule has 2 aromatic rings. The lowest BCUT2D eigenvalue weighted by Gasteiger charge is -2.26. The molecular weight excluding hydrogens is 455 g/mol. The molecule has 2 rings (SSSR count). The Morgan fingerprint density at radius 1 is 0.656 bits per heavy atom. The predicted octanol–water partition coefficient (Wildman–Crippen LogP) is 4.17. The quantitative estimate of drug-likeness (QED) is 0.329. The molecule has 6 nitrogen and oxygen atoms in total. The third-order valence-electron chi connectivity index (χ3n) is 5.45. The van der Waals surface area contributed by atoms with Crippen LogP contribution in [0, 0.1) is 27.7 Å². The normalized spacial score (nSPS) is 16.6. The summed E-state index contributed by atoms with van der Waals surface area (Å²) in [7, 11) is 0. The molecule has 6 N–H and O–H groups in total. The number of benzene rings is 2. The van der Waals surface area contributed by atoms with Crippen LogP contribution in [0.5, 0.6) is 0 Å². The van der Waals surface area contributed by atoms with Crippen molar-refractivity contribution < 1.29 is 30.6 Å². The van der Waals surface area contributed by atoms with E-state index in [1.807, 2.05) is 13.8 Å². The third kappa shape index (κ3) is 5.64. The summed E-state index contributed by atoms with van der Waals surface area (Å²) >= 11 is 12.4. The van der Waals surface area contributed by atoms with Crippen LogP contribution in [-0.4, -0.2) is 55.1 Å². The fourth-order valence-corrected chi connectivity index (χ4v) is 3.54. The summed E-state index contributed by atoms with van der Waals surface area (Å²) in [6, 6.07) is 6.83. The minimum atomic E-state index is -2.00. The van der Waals surface area contributed by atoms with Crippen LogP contribution < -0.4 is 0 Å². The van der Waals surface area contributed by atoms with Crippen LogP contribution in [0.3, 0.4) is 0 Å². The van der Waals surface area contributed by atoms with Crippen LogP contribution in [0.25, 0.3) is 12.2 Å². The van der Waals surface area contributed by atoms with Gasteiger partial charge in [0.1, 0.15) is 35.9 Å². The zero-order chi connectivity index (χ0) is 24.3. The van der Waals surface area contributed by atoms with E-state index >= 15 is 0 Å². The highest BCUT2D eigenvalue weighted by Gasteiger charge is 2.34. The van der Waals surface area contributed by atoms with Crippen molar-refractivity contribution in [3.8, 4) is 0 Å². The molecule has 0 bridgehead atoms. The van der Waals surface area contributed by atoms with Crippen molar-refractivity contribution >= 4 is 35.4 Å². The number of rotatable bonds is 7. The summed E-state index contributed by atoms with van der Waals surface area (Å²) in [5.41, 5.74) is 4.02. The van der Waals surface area contributed by atoms with Gasteiger partial charge in [0.2, 0.25) is 0 Å². The number of halogens is 2. The third-order valence-corrected chi connectivity index (χ3v) is 6.62. The summed E-state index contributed by atoms with van der Waals surface area (Å²) in [4.78, 5) is 0. The van der Waals surface area contributed by atoms with Gasteiger partial charge in [0.05, 0.1) is 0 Å². The van der Waals surface area contributed by atoms with E-state index in [9.17, 15) is 30.6 Å². The maximum atomic E-state index is 10.3. The SMILES string of the molecule is Cc1ccc(C=C(O)[C@@H](O)[C@@H](O)[C@H](O)[C@@H](O)C(O)=Cc2ccc(C)c(Cl)c2C)c(C)c1Cl. The lowest BCUT2D eigenvalue weighted by Crippen LogP contribution is -2.45. The summed E-state index contributed by atoms with van der Waals surface area (Å²) in [5, 5.41) is 62.6. The Kier molecular flexibility index (Phi) is 8.76. The molecule has 0 spiro atoms. The predicted molar refractivity (Wildman–Crippen MR) is 127 cm³/mol. The van der Waals surface area contributed by atoms with Gasteiger partial charge in [-0.05, 0) is 73.2 Å². The fourth-order valence-electron chi connectivity index (χ4n) is 3.20. The molecule has 0 radical (unpaired) electrons. The van der Waals surface area contributed by atoms with Crippen molar-refractivity contribution in [2.75, 3.05) is 0 Å². The van der Waals surface area contributed by atoms with Crippen LogP contribution in [0.2, 0.25) is 10.0 Å². The molecule has 4 atom stereocenters. The van der Waals surface area contributed by atoms with Gasteiger partial charge >= 0.3 is 0 Å². The fraction of sp³-hybridized carbons (Fsp3) is 0.333. The maximum absolute atomic E-state index is 10.3. The molecule has 32 heavy (non-hydrogen) atoms. The molecule has 0 aliphatic rings. The van der Waals surface area contributed by atoms with Crippen LogP contribution in [0.15, 0.2) is 35.8 Å². The molecule has 0 saturated heterocycles. The molecule has 0 fully saturated rings. The Bertz CT molecular complexity index is 964. The molecule has 0 heterocycles. The largest absolute Gasteiger partial charge is 0.509 e. The van der Waals surface area contributed by atoms with E-state index in [1.54, 1.807) is 38.1 Å². The maximum Gasteiger partial charge on any atom is 0.139 e. The van der Waals surface area contributed by atoms with Gasteiger partial charge in [-0.15, -0.1) is 0 Å². The van der Waals surface area contributed by atoms with Crippen LogP contribution in [-0.2, 0) is 0 Å². The molecule has 0 aliphatic carbocycles. The molecule has 174 valence electrons. The van der Waals surface area contributed by atoms with Gasteiger partial charge in [-0.2, -0.15) is 0 Å². The van der Waals surface area contributed by atoms with E-state index in [2.05, 4.69) is 0 Å². The van der Waals surface area contributed by atoms with Crippen LogP contribution in [0.4, 0.5) is 0 Å². The van der Waals surface area contributed by atoms with Crippen LogP contribution in [0.1, 0.15) is 33.4 Å². The lowest BCUT2D eigenvalue weighted by molar-refractivity contribution is -0.0996. The monoisotopic (exact) mass is 482 g/mol. The number of aliphatic hydroxyl groups is 6. The Morgan fingerprint density at radius 2 is 0.969 bits per heavy atom. The zero-order valence-electron chi connectivity index (χ0n) is 18.2. The standard InChI is InChI=1S/C24H28Cl2O6/c1-11-5-7-15(13(3)19(11)25)9-17(27)21(29)23(31)24(32)22(30)18(28)10-16-8-6-12(2)20(26)14(16)4/h5-10,21-24,27-32H,1-4H3/t21-,22+,23-,24-/m1/s1. The zero-order valence-corrected chi connectivity index (χ0v) is 19.7. The van der Waals surface area contributed by atoms with E-state index in [0.29, 0.717) is 32.3 Å². The number of aliphatic hydroxyl groups excluding tert-OH is 6. The van der Waals surface area contributed by atoms with Crippen molar-refractivity contribution in [3.63, 3.8) is 0 Å². The van der Waals surface area contributed by atoms with E-state index in [0.717, 1.165) is 11.1 Å². The van der Waals surface area contributed by atoms with E-state index in [1.165, 1.54) is 12.2 Å². The van der Waals surface area contributed by atoms with Crippen molar-refractivity contribution in [2.45, 2.75) is 52.1 Å². The Morgan fingerprint density at radius 3 is 1.28 bits per heavy atom. The topological polar surface area (TPSA) is 121 Å². The van der Waals surface area contributed by atoms with Crippen molar-refractivity contribution in [2.24, 2.45) is 0 Å². The first kappa shape index (κ1) is 26.2. The Hall–Kier alpha value is -2.06. The first-order chi connectivity index (χ1) is 14.9. The number of aryl methyl sites for hydroxylation is 2. The second-order valence-electron chi connectivity index (χ2n) is 7.83. The van der Waals surface area contributed by atoms with Gasteiger partial charge in [-0.1, -0.05) is 47.5 Å². The highest BCUT2D eigenvalue weighted by molar-refractivity contribution is 6.32. The summed E-state index contributed by atoms with van der Waals surface area (Å²) in [5.74, 6) is -1.28. The summed E-state index contributed by atoms with van der Waals surface area (Å²) < 4.78 is 0. The van der Waals surface area contributed by atoms with Crippen molar-refractivity contribution in [3.05, 3.63) is 79.2 Å². The molecule has 0 unspecified atom stereocenters. The molecule has 0 saturated carbocycles. The Labute approximate surface area is 197 Å². The van der Waals surface area contributed by atoms with Crippen molar-refractivity contribution in [1.82, 2.24) is 0 Å². The van der Waals surface area contributed by atoms with Crippen LogP contribution >= 0.6 is 23.2 Å². The van der Waals surface area contributed by atoms with E-state index in [4.69, 9.17) is 23.2 Å². The van der Waals surface area contributed by atoms with E-state index in [-0.39, 0.29) is 0 Å². The Balaban J connectivity index is 2.22. The minimum absolute atomic E-state index is 0.499. The molecule has 0 aromatic heterocycles. The summed E-state index contributed by atoms with van der Waals surface area (Å²) in [6.45, 7) is 7.12. The molecule has 0 aliphatic heterocycles. The number of hydrogen-bond acceptors (Lipinski definition) is 6. The van der Waals surface area contributed by atoms with Gasteiger partial charge in [0, 0.05) is 10.0 Å². The van der Waals surface area contributed by atoms with Gasteiger partial charge in [0.15, 0.2) is 0 Å². The first-order valence-electron chi connectivity index (χ1n) is 9.91. The van der Waals surface area contributed by atoms with Gasteiger partial charge in [0.25, 0.3) is 0 Å². The molecule has 8 heteroatoms. The van der Waals surface area contributed by atoms with Crippen molar-refractivity contribution in [1.29, 1.82) is 0 Å². The van der Waals surface area contributed by atoms with Gasteiger partial charge < -0.3 is 30.6 Å². The van der Waals surface area contributed by atoms with E-state index < -0.39 is 35.9 Å². The summed E-state index contributed by atoms with van der Waals surface area (Å²) in [6.07, 6.45) is -5.44. The lowest BCUT2D eigenvalue weighted by atomic mass is 9.97. The van der Waals surface area contributed by atoms with Gasteiger partial charge in [-0.3, -0.25) is 0 Å². The minimum Gasteiger partial charge on any atom is -0.509 e. The van der Waals surface area contributed by atoms with Gasteiger partial charge in [-0.25, -0.2) is 0 Å². The second-order valence-corrected chi connectivity index (χ2v) is 8.59. The average molecular weight is 483 g/mol.